The molecule has 6 aromatic rings. The lowest BCUT2D eigenvalue weighted by atomic mass is 10.0. The molecule has 0 aliphatic carbocycles. The number of nitrogens with zero attached hydrogens (tertiary/aromatic N) is 10. The van der Waals surface area contributed by atoms with Gasteiger partial charge in [0.15, 0.2) is 0 Å². The Balaban J connectivity index is 1.31. The number of imidazole rings is 2. The molecule has 0 saturated heterocycles. The molecule has 0 radical (unpaired) electrons. The van der Waals surface area contributed by atoms with Crippen molar-refractivity contribution in [2.75, 3.05) is 10.6 Å². The highest BCUT2D eigenvalue weighted by atomic mass is 16.2. The minimum Gasteiger partial charge on any atom is -0.306 e. The van der Waals surface area contributed by atoms with Crippen LogP contribution >= 0.6 is 0 Å². The number of nitriles is 2. The molecule has 0 bridgehead atoms. The first-order chi connectivity index (χ1) is 24.8. The number of aromatic nitrogens is 8. The molecule has 51 heavy (non-hydrogen) atoms. The third-order valence-electron chi connectivity index (χ3n) is 9.15. The van der Waals surface area contributed by atoms with Gasteiger partial charge in [0, 0.05) is 31.7 Å². The summed E-state index contributed by atoms with van der Waals surface area (Å²) in [7, 11) is 0. The Morgan fingerprint density at radius 3 is 1.98 bits per heavy atom. The summed E-state index contributed by atoms with van der Waals surface area (Å²) in [5, 5.41) is 34.4. The zero-order chi connectivity index (χ0) is 35.6. The Kier molecular flexibility index (Phi) is 8.90. The minimum atomic E-state index is -0.328. The van der Waals surface area contributed by atoms with Crippen LogP contribution in [-0.2, 0) is 32.6 Å². The Hall–Kier alpha value is -6.54. The second kappa shape index (κ2) is 13.8. The van der Waals surface area contributed by atoms with Crippen LogP contribution in [0.5, 0.6) is 0 Å². The maximum atomic E-state index is 14.0. The summed E-state index contributed by atoms with van der Waals surface area (Å²) in [5.74, 6) is 0.0644. The second-order valence-corrected chi connectivity index (χ2v) is 12.5. The predicted molar refractivity (Wildman–Crippen MR) is 191 cm³/mol. The lowest BCUT2D eigenvalue weighted by Crippen LogP contribution is -2.21. The largest absolute Gasteiger partial charge is 0.306 e. The number of hydrogen-bond donors (Lipinski definition) is 2. The Labute approximate surface area is 293 Å². The van der Waals surface area contributed by atoms with Crippen LogP contribution in [0.15, 0.2) is 54.6 Å². The number of carbonyl (C=O) groups excluding carboxylic acids is 2. The van der Waals surface area contributed by atoms with Gasteiger partial charge in [-0.1, -0.05) is 18.6 Å². The third kappa shape index (κ3) is 6.35. The highest BCUT2D eigenvalue weighted by Gasteiger charge is 2.24. The topological polar surface area (TPSA) is 177 Å². The molecule has 2 aromatic carbocycles. The molecule has 0 saturated carbocycles. The number of allylic oxidation sites excluding steroid dienone is 2. The van der Waals surface area contributed by atoms with E-state index in [0.29, 0.717) is 78.0 Å². The fourth-order valence-corrected chi connectivity index (χ4v) is 6.69. The number of anilines is 2. The van der Waals surface area contributed by atoms with Crippen molar-refractivity contribution in [1.82, 2.24) is 38.7 Å². The fourth-order valence-electron chi connectivity index (χ4n) is 6.69. The molecule has 0 atom stereocenters. The summed E-state index contributed by atoms with van der Waals surface area (Å²) in [5.41, 5.74) is 6.99. The normalized spacial score (nSPS) is 15.0. The highest BCUT2D eigenvalue weighted by Crippen LogP contribution is 2.26. The van der Waals surface area contributed by atoms with Gasteiger partial charge in [0.1, 0.15) is 11.4 Å². The van der Waals surface area contributed by atoms with E-state index in [0.717, 1.165) is 47.2 Å². The van der Waals surface area contributed by atoms with Crippen LogP contribution in [0.4, 0.5) is 11.9 Å². The Morgan fingerprint density at radius 2 is 1.39 bits per heavy atom. The molecule has 4 aromatic heterocycles. The zero-order valence-electron chi connectivity index (χ0n) is 28.6. The van der Waals surface area contributed by atoms with Crippen LogP contribution < -0.4 is 10.6 Å². The van der Waals surface area contributed by atoms with E-state index >= 15 is 0 Å². The SMILES string of the molecule is CCn1nc(C)c2c1C(=O)Nc1nc3cc(C#N)ccc3n1C/C=C/Cn1c(nc3cc(C#N)ccc31)NC(=O)c1cc(C)nn1CCCCC2. The molecule has 5 heterocycles. The van der Waals surface area contributed by atoms with Gasteiger partial charge in [-0.2, -0.15) is 20.7 Å². The van der Waals surface area contributed by atoms with Gasteiger partial charge in [-0.25, -0.2) is 9.97 Å². The molecular formula is C37H36N12O2. The molecule has 1 aliphatic heterocycles. The van der Waals surface area contributed by atoms with E-state index in [4.69, 9.17) is 9.97 Å². The van der Waals surface area contributed by atoms with E-state index in [2.05, 4.69) is 33.0 Å². The van der Waals surface area contributed by atoms with Gasteiger partial charge in [0.2, 0.25) is 11.9 Å². The average Bonchev–Trinajstić information content (AvgIpc) is 3.86. The van der Waals surface area contributed by atoms with E-state index in [-0.39, 0.29) is 11.8 Å². The van der Waals surface area contributed by atoms with E-state index in [1.807, 2.05) is 54.2 Å². The van der Waals surface area contributed by atoms with Gasteiger partial charge in [0.05, 0.1) is 56.7 Å². The first-order valence-electron chi connectivity index (χ1n) is 17.0. The molecule has 0 fully saturated rings. The van der Waals surface area contributed by atoms with Gasteiger partial charge in [-0.15, -0.1) is 0 Å². The van der Waals surface area contributed by atoms with Crippen LogP contribution in [0.2, 0.25) is 0 Å². The zero-order valence-corrected chi connectivity index (χ0v) is 28.6. The number of carbonyl (C=O) groups is 2. The molecule has 7 rings (SSSR count). The molecule has 2 amide bonds. The van der Waals surface area contributed by atoms with Crippen LogP contribution in [0.25, 0.3) is 22.1 Å². The summed E-state index contributed by atoms with van der Waals surface area (Å²) in [6.45, 7) is 7.52. The number of aryl methyl sites for hydroxylation is 4. The molecule has 2 N–H and O–H groups in total. The Bertz CT molecular complexity index is 2440. The summed E-state index contributed by atoms with van der Waals surface area (Å²) in [6.07, 6.45) is 6.99. The summed E-state index contributed by atoms with van der Waals surface area (Å²) < 4.78 is 7.24. The number of amides is 2. The molecular weight excluding hydrogens is 644 g/mol. The van der Waals surface area contributed by atoms with Crippen molar-refractivity contribution in [3.8, 4) is 12.1 Å². The van der Waals surface area contributed by atoms with Gasteiger partial charge in [0.25, 0.3) is 11.8 Å². The van der Waals surface area contributed by atoms with Crippen molar-refractivity contribution in [2.45, 2.75) is 72.6 Å². The number of hydrogen-bond acceptors (Lipinski definition) is 8. The van der Waals surface area contributed by atoms with E-state index in [9.17, 15) is 20.1 Å². The lowest BCUT2D eigenvalue weighted by Gasteiger charge is -2.11. The first kappa shape index (κ1) is 33.0. The molecule has 1 aliphatic rings. The van der Waals surface area contributed by atoms with Gasteiger partial charge >= 0.3 is 0 Å². The summed E-state index contributed by atoms with van der Waals surface area (Å²) in [6, 6.07) is 16.6. The van der Waals surface area contributed by atoms with Crippen molar-refractivity contribution in [3.63, 3.8) is 0 Å². The van der Waals surface area contributed by atoms with Gasteiger partial charge in [-0.05, 0) is 82.5 Å². The molecule has 14 heteroatoms. The van der Waals surface area contributed by atoms with Crippen molar-refractivity contribution < 1.29 is 9.59 Å². The van der Waals surface area contributed by atoms with Gasteiger partial charge in [-0.3, -0.25) is 29.6 Å². The summed E-state index contributed by atoms with van der Waals surface area (Å²) >= 11 is 0. The van der Waals surface area contributed by atoms with Crippen LogP contribution in [0.3, 0.4) is 0 Å². The number of nitrogens with one attached hydrogen (secondary N) is 2. The lowest BCUT2D eigenvalue weighted by molar-refractivity contribution is 0.100. The van der Waals surface area contributed by atoms with Crippen LogP contribution in [0, 0.1) is 36.5 Å². The number of rotatable bonds is 1. The quantitative estimate of drug-likeness (QED) is 0.209. The molecule has 14 nitrogen and oxygen atoms in total. The average molecular weight is 681 g/mol. The monoisotopic (exact) mass is 680 g/mol. The van der Waals surface area contributed by atoms with Crippen molar-refractivity contribution in [2.24, 2.45) is 0 Å². The van der Waals surface area contributed by atoms with Gasteiger partial charge < -0.3 is 9.13 Å². The Morgan fingerprint density at radius 1 is 0.784 bits per heavy atom. The maximum absolute atomic E-state index is 14.0. The van der Waals surface area contributed by atoms with Crippen molar-refractivity contribution in [1.29, 1.82) is 10.5 Å². The van der Waals surface area contributed by atoms with E-state index in [1.165, 1.54) is 0 Å². The fraction of sp³-hybridized carbons (Fsp3) is 0.297. The smallest absolute Gasteiger partial charge is 0.276 e. The standard InChI is InChI=1S/C37H36N12O2/c1-4-48-33-27(24(3)45-48)10-6-5-7-17-49-32(18-23(2)44-49)34(50)42-36-40-28-19-25(21-38)11-13-30(28)46(36)15-8-9-16-47-31-14-12-26(22-39)20-29(31)41-37(47)43-35(33)51/h8-9,11-14,18-20H,4-7,10,15-17H2,1-3H3,(H,40,42,50)(H,41,43,51)/b9-8+. The van der Waals surface area contributed by atoms with Crippen LogP contribution in [0.1, 0.15) is 75.2 Å². The molecule has 0 unspecified atom stereocenters. The predicted octanol–water partition coefficient (Wildman–Crippen LogP) is 5.65. The van der Waals surface area contributed by atoms with Crippen molar-refractivity contribution in [3.05, 3.63) is 94.1 Å². The van der Waals surface area contributed by atoms with E-state index in [1.54, 1.807) is 39.7 Å². The maximum Gasteiger partial charge on any atom is 0.276 e. The van der Waals surface area contributed by atoms with Crippen LogP contribution in [-0.4, -0.2) is 50.5 Å². The minimum absolute atomic E-state index is 0.299. The van der Waals surface area contributed by atoms with Crippen molar-refractivity contribution >= 4 is 45.8 Å². The number of fused-ring (bicyclic) bond motifs is 8. The van der Waals surface area contributed by atoms with E-state index < -0.39 is 0 Å². The number of benzene rings is 2. The second-order valence-electron chi connectivity index (χ2n) is 12.5. The highest BCUT2D eigenvalue weighted by molar-refractivity contribution is 6.04. The third-order valence-corrected chi connectivity index (χ3v) is 9.15. The molecule has 0 spiro atoms. The molecule has 256 valence electrons. The summed E-state index contributed by atoms with van der Waals surface area (Å²) in [4.78, 5) is 37.2. The first-order valence-corrected chi connectivity index (χ1v) is 17.0.